The van der Waals surface area contributed by atoms with Crippen molar-refractivity contribution in [3.63, 3.8) is 0 Å². The highest BCUT2D eigenvalue weighted by Gasteiger charge is 2.26. The van der Waals surface area contributed by atoms with Gasteiger partial charge in [0.1, 0.15) is 5.82 Å². The highest BCUT2D eigenvalue weighted by Crippen LogP contribution is 2.30. The van der Waals surface area contributed by atoms with Crippen LogP contribution >= 0.6 is 0 Å². The second kappa shape index (κ2) is 10.0. The summed E-state index contributed by atoms with van der Waals surface area (Å²) in [4.78, 5) is 31.6. The van der Waals surface area contributed by atoms with Gasteiger partial charge in [0.15, 0.2) is 6.10 Å². The number of hydrogen-bond donors (Lipinski definition) is 1. The monoisotopic (exact) mass is 481 g/mol. The molecule has 4 heterocycles. The van der Waals surface area contributed by atoms with Gasteiger partial charge in [-0.25, -0.2) is 4.39 Å². The van der Waals surface area contributed by atoms with Gasteiger partial charge in [-0.15, -0.1) is 0 Å². The number of nitrogens with zero attached hydrogens (tertiary/aromatic N) is 4. The standard InChI is InChI=1S/C28H24FN5O2/c1-17-6-7-24(32-15-17)19-11-20(26-14-27(36-34-26)25-5-3-4-9-31-25)13-21(12-19)28(35)33-18(2)22-8-10-30-16-23(22)29/h3-13,15-16,18,27H,14H2,1-2H3,(H,33,35)/t18-,27+/m1/s1. The Kier molecular flexibility index (Phi) is 6.49. The van der Waals surface area contributed by atoms with Crippen LogP contribution in [0, 0.1) is 12.7 Å². The molecule has 0 saturated carbocycles. The first-order chi connectivity index (χ1) is 17.5. The number of hydrogen-bond acceptors (Lipinski definition) is 6. The number of benzene rings is 1. The van der Waals surface area contributed by atoms with Crippen LogP contribution in [-0.4, -0.2) is 26.6 Å². The molecule has 8 heteroatoms. The van der Waals surface area contributed by atoms with Crippen LogP contribution in [0.1, 0.15) is 58.2 Å². The van der Waals surface area contributed by atoms with Crippen molar-refractivity contribution in [2.24, 2.45) is 5.16 Å². The molecule has 4 aromatic rings. The van der Waals surface area contributed by atoms with E-state index >= 15 is 0 Å². The number of halogens is 1. The molecule has 180 valence electrons. The molecule has 36 heavy (non-hydrogen) atoms. The van der Waals surface area contributed by atoms with Gasteiger partial charge in [-0.3, -0.25) is 19.7 Å². The van der Waals surface area contributed by atoms with Crippen molar-refractivity contribution in [2.45, 2.75) is 32.4 Å². The number of nitrogens with one attached hydrogen (secondary N) is 1. The molecule has 1 aromatic carbocycles. The van der Waals surface area contributed by atoms with E-state index in [1.165, 1.54) is 6.20 Å². The number of carbonyl (C=O) groups excluding carboxylic acids is 1. The second-order valence-electron chi connectivity index (χ2n) is 8.70. The normalized spacial score (nSPS) is 15.6. The number of carbonyl (C=O) groups is 1. The van der Waals surface area contributed by atoms with Crippen LogP contribution in [0.15, 0.2) is 84.5 Å². The minimum absolute atomic E-state index is 0.297. The van der Waals surface area contributed by atoms with Crippen LogP contribution in [0.2, 0.25) is 0 Å². The maximum atomic E-state index is 14.2. The summed E-state index contributed by atoms with van der Waals surface area (Å²) in [5.41, 5.74) is 5.56. The minimum Gasteiger partial charge on any atom is -0.385 e. The van der Waals surface area contributed by atoms with Crippen LogP contribution in [0.5, 0.6) is 0 Å². The van der Waals surface area contributed by atoms with Gasteiger partial charge in [0.05, 0.1) is 29.3 Å². The van der Waals surface area contributed by atoms with Gasteiger partial charge in [0.2, 0.25) is 0 Å². The van der Waals surface area contributed by atoms with Crippen molar-refractivity contribution < 1.29 is 14.0 Å². The summed E-state index contributed by atoms with van der Waals surface area (Å²) < 4.78 is 14.2. The molecule has 0 bridgehead atoms. The van der Waals surface area contributed by atoms with E-state index in [0.29, 0.717) is 23.3 Å². The summed E-state index contributed by atoms with van der Waals surface area (Å²) in [6, 6.07) is 16.0. The first kappa shape index (κ1) is 23.3. The minimum atomic E-state index is -0.550. The van der Waals surface area contributed by atoms with Crippen molar-refractivity contribution in [1.29, 1.82) is 0 Å². The molecule has 1 amide bonds. The lowest BCUT2D eigenvalue weighted by Gasteiger charge is -2.16. The molecule has 0 spiro atoms. The number of rotatable bonds is 6. The van der Waals surface area contributed by atoms with E-state index in [-0.39, 0.29) is 12.0 Å². The van der Waals surface area contributed by atoms with Gasteiger partial charge in [-0.05, 0) is 61.9 Å². The van der Waals surface area contributed by atoms with E-state index in [4.69, 9.17) is 4.84 Å². The second-order valence-corrected chi connectivity index (χ2v) is 8.70. The predicted molar refractivity (Wildman–Crippen MR) is 134 cm³/mol. The van der Waals surface area contributed by atoms with Gasteiger partial charge in [-0.1, -0.05) is 17.3 Å². The Hall–Kier alpha value is -4.46. The maximum Gasteiger partial charge on any atom is 0.251 e. The number of amides is 1. The number of pyridine rings is 3. The van der Waals surface area contributed by atoms with Crippen LogP contribution in [-0.2, 0) is 4.84 Å². The van der Waals surface area contributed by atoms with Crippen LogP contribution in [0.3, 0.4) is 0 Å². The molecule has 5 rings (SSSR count). The topological polar surface area (TPSA) is 89.4 Å². The van der Waals surface area contributed by atoms with E-state index in [1.54, 1.807) is 37.5 Å². The zero-order chi connectivity index (χ0) is 25.1. The first-order valence-electron chi connectivity index (χ1n) is 11.6. The summed E-state index contributed by atoms with van der Waals surface area (Å²) in [5, 5.41) is 7.19. The number of aromatic nitrogens is 3. The van der Waals surface area contributed by atoms with Crippen LogP contribution < -0.4 is 5.32 Å². The smallest absolute Gasteiger partial charge is 0.251 e. The van der Waals surface area contributed by atoms with Gasteiger partial charge in [-0.2, -0.15) is 0 Å². The molecule has 1 aliphatic rings. The van der Waals surface area contributed by atoms with Crippen LogP contribution in [0.25, 0.3) is 11.3 Å². The molecular weight excluding hydrogens is 457 g/mol. The third-order valence-electron chi connectivity index (χ3n) is 6.04. The van der Waals surface area contributed by atoms with Crippen molar-refractivity contribution in [3.8, 4) is 11.3 Å². The third kappa shape index (κ3) is 4.98. The summed E-state index contributed by atoms with van der Waals surface area (Å²) in [5.74, 6) is -0.809. The lowest BCUT2D eigenvalue weighted by atomic mass is 9.96. The highest BCUT2D eigenvalue weighted by molar-refractivity contribution is 6.05. The maximum absolute atomic E-state index is 14.2. The molecule has 0 fully saturated rings. The van der Waals surface area contributed by atoms with E-state index in [2.05, 4.69) is 25.4 Å². The van der Waals surface area contributed by atoms with Gasteiger partial charge in [0, 0.05) is 47.3 Å². The van der Waals surface area contributed by atoms with Crippen molar-refractivity contribution >= 4 is 11.6 Å². The summed E-state index contributed by atoms with van der Waals surface area (Å²) in [6.07, 6.45) is 6.35. The Labute approximate surface area is 208 Å². The van der Waals surface area contributed by atoms with E-state index in [9.17, 15) is 9.18 Å². The predicted octanol–water partition coefficient (Wildman–Crippen LogP) is 5.34. The van der Waals surface area contributed by atoms with E-state index in [1.807, 2.05) is 43.3 Å². The molecule has 2 atom stereocenters. The molecule has 1 aliphatic heterocycles. The average Bonchev–Trinajstić information content (AvgIpc) is 3.40. The Bertz CT molecular complexity index is 1420. The Morgan fingerprint density at radius 1 is 1.06 bits per heavy atom. The molecule has 0 aliphatic carbocycles. The van der Waals surface area contributed by atoms with Crippen molar-refractivity contribution in [2.75, 3.05) is 0 Å². The fraction of sp³-hybridized carbons (Fsp3) is 0.179. The fourth-order valence-electron chi connectivity index (χ4n) is 4.08. The van der Waals surface area contributed by atoms with Crippen LogP contribution in [0.4, 0.5) is 4.39 Å². The summed E-state index contributed by atoms with van der Waals surface area (Å²) in [7, 11) is 0. The lowest BCUT2D eigenvalue weighted by Crippen LogP contribution is -2.27. The lowest BCUT2D eigenvalue weighted by molar-refractivity contribution is 0.0826. The van der Waals surface area contributed by atoms with Crippen molar-refractivity contribution in [1.82, 2.24) is 20.3 Å². The number of aryl methyl sites for hydroxylation is 1. The SMILES string of the molecule is Cc1ccc(-c2cc(C(=O)N[C@H](C)c3ccncc3F)cc(C3=NO[C@H](c4ccccn4)C3)c2)nc1. The molecule has 3 aromatic heterocycles. The number of oxime groups is 1. The molecule has 0 radical (unpaired) electrons. The van der Waals surface area contributed by atoms with Gasteiger partial charge >= 0.3 is 0 Å². The average molecular weight is 482 g/mol. The quantitative estimate of drug-likeness (QED) is 0.401. The van der Waals surface area contributed by atoms with Crippen molar-refractivity contribution in [3.05, 3.63) is 113 Å². The Morgan fingerprint density at radius 3 is 2.67 bits per heavy atom. The summed E-state index contributed by atoms with van der Waals surface area (Å²) >= 11 is 0. The Morgan fingerprint density at radius 2 is 1.92 bits per heavy atom. The largest absolute Gasteiger partial charge is 0.385 e. The molecule has 0 unspecified atom stereocenters. The van der Waals surface area contributed by atoms with E-state index in [0.717, 1.165) is 34.3 Å². The Balaban J connectivity index is 1.46. The highest BCUT2D eigenvalue weighted by atomic mass is 19.1. The van der Waals surface area contributed by atoms with Gasteiger partial charge in [0.25, 0.3) is 5.91 Å². The molecule has 7 nitrogen and oxygen atoms in total. The zero-order valence-electron chi connectivity index (χ0n) is 19.9. The molecule has 0 saturated heterocycles. The van der Waals surface area contributed by atoms with E-state index < -0.39 is 11.9 Å². The fourth-order valence-corrected chi connectivity index (χ4v) is 4.08. The molecular formula is C28H24FN5O2. The summed E-state index contributed by atoms with van der Waals surface area (Å²) in [6.45, 7) is 3.70. The third-order valence-corrected chi connectivity index (χ3v) is 6.04. The van der Waals surface area contributed by atoms with Gasteiger partial charge < -0.3 is 10.2 Å². The zero-order valence-corrected chi connectivity index (χ0v) is 19.9. The first-order valence-corrected chi connectivity index (χ1v) is 11.6. The molecule has 1 N–H and O–H groups in total.